The SMILES string of the molecule is O=C(CCl)c1c[nH]c(C=NNS(=O)(=O)c2ccccc2)c1. The Balaban J connectivity index is 2.06. The monoisotopic (exact) mass is 325 g/mol. The topological polar surface area (TPSA) is 91.4 Å². The van der Waals surface area contributed by atoms with E-state index in [1.165, 1.54) is 30.6 Å². The fraction of sp³-hybridized carbons (Fsp3) is 0.0769. The number of carbonyl (C=O) groups excluding carboxylic acids is 1. The number of benzene rings is 1. The Morgan fingerprint density at radius 1 is 1.33 bits per heavy atom. The summed E-state index contributed by atoms with van der Waals surface area (Å²) in [4.78, 5) is 16.3. The molecule has 0 radical (unpaired) electrons. The molecular weight excluding hydrogens is 314 g/mol. The summed E-state index contributed by atoms with van der Waals surface area (Å²) in [6.07, 6.45) is 2.75. The van der Waals surface area contributed by atoms with Gasteiger partial charge in [-0.1, -0.05) is 18.2 Å². The zero-order chi connectivity index (χ0) is 15.3. The van der Waals surface area contributed by atoms with E-state index in [9.17, 15) is 13.2 Å². The van der Waals surface area contributed by atoms with E-state index in [0.717, 1.165) is 0 Å². The molecule has 2 aromatic rings. The Kier molecular flexibility index (Phi) is 4.77. The maximum Gasteiger partial charge on any atom is 0.276 e. The highest BCUT2D eigenvalue weighted by Crippen LogP contribution is 2.07. The van der Waals surface area contributed by atoms with Crippen molar-refractivity contribution in [3.8, 4) is 0 Å². The van der Waals surface area contributed by atoms with E-state index >= 15 is 0 Å². The number of alkyl halides is 1. The second-order valence-electron chi connectivity index (χ2n) is 4.07. The number of nitrogens with zero attached hydrogens (tertiary/aromatic N) is 1. The Labute approximate surface area is 126 Å². The summed E-state index contributed by atoms with van der Waals surface area (Å²) in [5, 5.41) is 3.65. The molecule has 0 unspecified atom stereocenters. The molecule has 0 amide bonds. The molecule has 1 aromatic heterocycles. The van der Waals surface area contributed by atoms with Crippen LogP contribution in [0.4, 0.5) is 0 Å². The minimum absolute atomic E-state index is 0.116. The molecule has 0 bridgehead atoms. The van der Waals surface area contributed by atoms with Gasteiger partial charge in [-0.25, -0.2) is 4.83 Å². The Bertz CT molecular complexity index is 754. The summed E-state index contributed by atoms with van der Waals surface area (Å²) in [5.74, 6) is -0.341. The molecule has 0 aliphatic rings. The molecule has 0 spiro atoms. The first-order valence-corrected chi connectivity index (χ1v) is 7.92. The van der Waals surface area contributed by atoms with Gasteiger partial charge in [0, 0.05) is 11.8 Å². The fourth-order valence-electron chi connectivity index (χ4n) is 1.54. The number of aromatic nitrogens is 1. The summed E-state index contributed by atoms with van der Waals surface area (Å²) in [5.41, 5.74) is 0.900. The average molecular weight is 326 g/mol. The van der Waals surface area contributed by atoms with Crippen LogP contribution in [0.1, 0.15) is 16.1 Å². The van der Waals surface area contributed by atoms with Crippen LogP contribution in [0.3, 0.4) is 0 Å². The largest absolute Gasteiger partial charge is 0.360 e. The number of hydrogen-bond acceptors (Lipinski definition) is 4. The third-order valence-corrected chi connectivity index (χ3v) is 4.06. The van der Waals surface area contributed by atoms with E-state index in [2.05, 4.69) is 14.9 Å². The van der Waals surface area contributed by atoms with Gasteiger partial charge >= 0.3 is 0 Å². The fourth-order valence-corrected chi connectivity index (χ4v) is 2.51. The van der Waals surface area contributed by atoms with Gasteiger partial charge in [0.25, 0.3) is 10.0 Å². The van der Waals surface area contributed by atoms with Gasteiger partial charge in [0.15, 0.2) is 5.78 Å². The number of Topliss-reactive ketones (excluding diaryl/α,β-unsaturated/α-hetero) is 1. The predicted molar refractivity (Wildman–Crippen MR) is 80.2 cm³/mol. The number of H-pyrrole nitrogens is 1. The van der Waals surface area contributed by atoms with Crippen molar-refractivity contribution in [3.05, 3.63) is 53.9 Å². The number of ketones is 1. The summed E-state index contributed by atoms with van der Waals surface area (Å²) >= 11 is 5.44. The molecule has 2 rings (SSSR count). The molecule has 6 nitrogen and oxygen atoms in total. The lowest BCUT2D eigenvalue weighted by Gasteiger charge is -2.01. The molecular formula is C13H12ClN3O3S. The molecule has 0 saturated heterocycles. The van der Waals surface area contributed by atoms with Crippen molar-refractivity contribution < 1.29 is 13.2 Å². The average Bonchev–Trinajstić information content (AvgIpc) is 2.96. The number of halogens is 1. The maximum absolute atomic E-state index is 11.9. The Hall–Kier alpha value is -2.12. The molecule has 0 aliphatic heterocycles. The molecule has 8 heteroatoms. The molecule has 1 aromatic carbocycles. The summed E-state index contributed by atoms with van der Waals surface area (Å²) < 4.78 is 23.8. The Morgan fingerprint density at radius 3 is 2.71 bits per heavy atom. The molecule has 0 atom stereocenters. The van der Waals surface area contributed by atoms with Crippen molar-refractivity contribution in [2.45, 2.75) is 4.90 Å². The number of hydrazone groups is 1. The first-order valence-electron chi connectivity index (χ1n) is 5.90. The molecule has 2 N–H and O–H groups in total. The number of sulfonamides is 1. The lowest BCUT2D eigenvalue weighted by atomic mass is 10.2. The van der Waals surface area contributed by atoms with Gasteiger partial charge in [0.2, 0.25) is 0 Å². The van der Waals surface area contributed by atoms with Gasteiger partial charge in [-0.3, -0.25) is 4.79 Å². The van der Waals surface area contributed by atoms with Gasteiger partial charge in [0.05, 0.1) is 22.7 Å². The number of hydrogen-bond donors (Lipinski definition) is 2. The minimum Gasteiger partial charge on any atom is -0.360 e. The molecule has 0 saturated carbocycles. The number of aromatic amines is 1. The van der Waals surface area contributed by atoms with E-state index in [0.29, 0.717) is 11.3 Å². The van der Waals surface area contributed by atoms with Gasteiger partial charge in [0.1, 0.15) is 0 Å². The summed E-state index contributed by atoms with van der Waals surface area (Å²) in [6, 6.07) is 9.41. The number of rotatable bonds is 6. The third kappa shape index (κ3) is 3.93. The molecule has 110 valence electrons. The van der Waals surface area contributed by atoms with Crippen LogP contribution in [0.15, 0.2) is 52.6 Å². The smallest absolute Gasteiger partial charge is 0.276 e. The highest BCUT2D eigenvalue weighted by atomic mass is 35.5. The van der Waals surface area contributed by atoms with E-state index in [-0.39, 0.29) is 16.6 Å². The second kappa shape index (κ2) is 6.55. The van der Waals surface area contributed by atoms with Crippen molar-refractivity contribution in [2.24, 2.45) is 5.10 Å². The normalized spacial score (nSPS) is 11.7. The van der Waals surface area contributed by atoms with E-state index < -0.39 is 10.0 Å². The lowest BCUT2D eigenvalue weighted by molar-refractivity contribution is 0.102. The minimum atomic E-state index is -3.69. The van der Waals surface area contributed by atoms with Crippen molar-refractivity contribution in [1.29, 1.82) is 0 Å². The van der Waals surface area contributed by atoms with Crippen LogP contribution in [-0.4, -0.2) is 31.3 Å². The predicted octanol–water partition coefficient (Wildman–Crippen LogP) is 1.75. The standard InChI is InChI=1S/C13H12ClN3O3S/c14-7-13(18)10-6-11(15-8-10)9-16-17-21(19,20)12-4-2-1-3-5-12/h1-6,8-9,15,17H,7H2. The second-order valence-corrected chi connectivity index (χ2v) is 5.99. The quantitative estimate of drug-likeness (QED) is 0.367. The van der Waals surface area contributed by atoms with Crippen molar-refractivity contribution in [2.75, 3.05) is 5.88 Å². The third-order valence-electron chi connectivity index (χ3n) is 2.58. The number of carbonyl (C=O) groups is 1. The van der Waals surface area contributed by atoms with Gasteiger partial charge < -0.3 is 4.98 Å². The first-order chi connectivity index (χ1) is 10.0. The van der Waals surface area contributed by atoms with Crippen molar-refractivity contribution >= 4 is 33.6 Å². The van der Waals surface area contributed by atoms with Crippen molar-refractivity contribution in [1.82, 2.24) is 9.82 Å². The van der Waals surface area contributed by atoms with Gasteiger partial charge in [-0.15, -0.1) is 11.6 Å². The van der Waals surface area contributed by atoms with E-state index in [1.807, 2.05) is 0 Å². The van der Waals surface area contributed by atoms with Gasteiger partial charge in [-0.05, 0) is 18.2 Å². The maximum atomic E-state index is 11.9. The van der Waals surface area contributed by atoms with E-state index in [1.54, 1.807) is 18.2 Å². The first kappa shape index (κ1) is 15.3. The zero-order valence-electron chi connectivity index (χ0n) is 10.8. The van der Waals surface area contributed by atoms with Crippen LogP contribution >= 0.6 is 11.6 Å². The molecule has 1 heterocycles. The lowest BCUT2D eigenvalue weighted by Crippen LogP contribution is -2.18. The zero-order valence-corrected chi connectivity index (χ0v) is 12.4. The van der Waals surface area contributed by atoms with E-state index in [4.69, 9.17) is 11.6 Å². The highest BCUT2D eigenvalue weighted by molar-refractivity contribution is 7.89. The van der Waals surface area contributed by atoms with Crippen LogP contribution in [-0.2, 0) is 10.0 Å². The van der Waals surface area contributed by atoms with Crippen LogP contribution in [0.2, 0.25) is 0 Å². The van der Waals surface area contributed by atoms with Crippen LogP contribution in [0.25, 0.3) is 0 Å². The number of nitrogens with one attached hydrogen (secondary N) is 2. The summed E-state index contributed by atoms with van der Waals surface area (Å²) in [7, 11) is -3.69. The molecule has 21 heavy (non-hydrogen) atoms. The highest BCUT2D eigenvalue weighted by Gasteiger charge is 2.11. The van der Waals surface area contributed by atoms with Crippen molar-refractivity contribution in [3.63, 3.8) is 0 Å². The Morgan fingerprint density at radius 2 is 2.05 bits per heavy atom. The molecule has 0 aliphatic carbocycles. The summed E-state index contributed by atoms with van der Waals surface area (Å²) in [6.45, 7) is 0. The molecule has 0 fully saturated rings. The van der Waals surface area contributed by atoms with Crippen LogP contribution < -0.4 is 4.83 Å². The van der Waals surface area contributed by atoms with Crippen LogP contribution in [0.5, 0.6) is 0 Å². The van der Waals surface area contributed by atoms with Crippen LogP contribution in [0, 0.1) is 0 Å². The van der Waals surface area contributed by atoms with Gasteiger partial charge in [-0.2, -0.15) is 13.5 Å².